The molecule has 9 nitrogen and oxygen atoms in total. The number of hydrogen-bond acceptors (Lipinski definition) is 6. The maximum atomic E-state index is 10.3. The van der Waals surface area contributed by atoms with Crippen LogP contribution in [0.2, 0.25) is 5.02 Å². The molecule has 2 aromatic heterocycles. The van der Waals surface area contributed by atoms with Crippen molar-refractivity contribution in [2.45, 2.75) is 48.0 Å². The van der Waals surface area contributed by atoms with Gasteiger partial charge in [0.05, 0.1) is 21.3 Å². The SMILES string of the molecule is CC.CC.CCc1nn(C)c(C)c1Cl.Nc1nc(NC=O)ccc1[N+](=O)[O-]. The highest BCUT2D eigenvalue weighted by atomic mass is 35.5. The Labute approximate surface area is 165 Å². The fourth-order valence-electron chi connectivity index (χ4n) is 1.64. The third-order valence-corrected chi connectivity index (χ3v) is 3.46. The number of nitrogens with two attached hydrogens (primary N) is 1. The Morgan fingerprint density at radius 1 is 1.33 bits per heavy atom. The summed E-state index contributed by atoms with van der Waals surface area (Å²) in [7, 11) is 1.90. The minimum absolute atomic E-state index is 0.179. The lowest BCUT2D eigenvalue weighted by Crippen LogP contribution is -2.02. The van der Waals surface area contributed by atoms with Crippen molar-refractivity contribution in [2.24, 2.45) is 7.05 Å². The van der Waals surface area contributed by atoms with E-state index in [1.807, 2.05) is 48.6 Å². The van der Waals surface area contributed by atoms with Gasteiger partial charge in [0.25, 0.3) is 0 Å². The number of anilines is 2. The van der Waals surface area contributed by atoms with Gasteiger partial charge in [0.2, 0.25) is 12.2 Å². The second-order valence-corrected chi connectivity index (χ2v) is 4.82. The number of aromatic nitrogens is 3. The summed E-state index contributed by atoms with van der Waals surface area (Å²) in [5.74, 6) is -0.0463. The lowest BCUT2D eigenvalue weighted by molar-refractivity contribution is -0.384. The Bertz CT molecular complexity index is 719. The highest BCUT2D eigenvalue weighted by Crippen LogP contribution is 2.20. The van der Waals surface area contributed by atoms with Crippen LogP contribution in [0.3, 0.4) is 0 Å². The number of nitrogens with one attached hydrogen (secondary N) is 1. The highest BCUT2D eigenvalue weighted by Gasteiger charge is 2.12. The Kier molecular flexibility index (Phi) is 14.2. The number of nitro groups is 1. The molecule has 10 heteroatoms. The summed E-state index contributed by atoms with van der Waals surface area (Å²) in [5, 5.41) is 17.5. The molecule has 0 fully saturated rings. The summed E-state index contributed by atoms with van der Waals surface area (Å²) in [6.45, 7) is 12.0. The van der Waals surface area contributed by atoms with Crippen molar-refractivity contribution in [1.82, 2.24) is 14.8 Å². The second-order valence-electron chi connectivity index (χ2n) is 4.44. The van der Waals surface area contributed by atoms with Crippen LogP contribution in [-0.2, 0) is 18.3 Å². The van der Waals surface area contributed by atoms with Crippen LogP contribution in [-0.4, -0.2) is 26.1 Å². The van der Waals surface area contributed by atoms with Gasteiger partial charge in [-0.2, -0.15) is 5.10 Å². The number of aryl methyl sites for hydroxylation is 2. The first-order valence-corrected chi connectivity index (χ1v) is 8.98. The number of nitrogen functional groups attached to an aromatic ring is 1. The van der Waals surface area contributed by atoms with Crippen LogP contribution in [0.15, 0.2) is 12.1 Å². The molecular weight excluding hydrogens is 372 g/mol. The van der Waals surface area contributed by atoms with E-state index < -0.39 is 4.92 Å². The highest BCUT2D eigenvalue weighted by molar-refractivity contribution is 6.31. The van der Waals surface area contributed by atoms with Crippen molar-refractivity contribution >= 4 is 35.3 Å². The van der Waals surface area contributed by atoms with Crippen molar-refractivity contribution < 1.29 is 9.72 Å². The number of carbonyl (C=O) groups is 1. The number of rotatable bonds is 4. The van der Waals surface area contributed by atoms with E-state index in [1.165, 1.54) is 12.1 Å². The molecule has 0 radical (unpaired) electrons. The maximum absolute atomic E-state index is 10.3. The summed E-state index contributed by atoms with van der Waals surface area (Å²) < 4.78 is 1.81. The van der Waals surface area contributed by atoms with Gasteiger partial charge in [0.15, 0.2) is 0 Å². The first-order chi connectivity index (χ1) is 12.8. The Morgan fingerprint density at radius 3 is 2.19 bits per heavy atom. The first-order valence-electron chi connectivity index (χ1n) is 8.60. The van der Waals surface area contributed by atoms with Gasteiger partial charge in [-0.15, -0.1) is 0 Å². The maximum Gasteiger partial charge on any atom is 0.311 e. The van der Waals surface area contributed by atoms with Crippen molar-refractivity contribution in [1.29, 1.82) is 0 Å². The van der Waals surface area contributed by atoms with Crippen LogP contribution in [0.1, 0.15) is 46.0 Å². The van der Waals surface area contributed by atoms with Crippen LogP contribution in [0.25, 0.3) is 0 Å². The molecular formula is C17H29ClN6O3. The van der Waals surface area contributed by atoms with Crippen LogP contribution in [0.4, 0.5) is 17.3 Å². The third-order valence-electron chi connectivity index (χ3n) is 2.97. The monoisotopic (exact) mass is 400 g/mol. The van der Waals surface area contributed by atoms with Crippen LogP contribution < -0.4 is 11.1 Å². The number of pyridine rings is 1. The quantitative estimate of drug-likeness (QED) is 0.450. The van der Waals surface area contributed by atoms with Crippen molar-refractivity contribution in [3.05, 3.63) is 38.7 Å². The molecule has 2 heterocycles. The standard InChI is InChI=1S/C7H11ClN2.C6H6N4O3.2C2H6/c1-4-6-7(8)5(2)10(3)9-6;7-6-4(10(12)13)1-2-5(9-6)8-3-11;2*1-2/h4H2,1-3H3;1-3H,(H3,7,8,9,11);2*1-2H3. The molecule has 2 rings (SSSR count). The number of amides is 1. The van der Waals surface area contributed by atoms with Crippen LogP contribution in [0, 0.1) is 17.0 Å². The molecule has 0 saturated carbocycles. The zero-order valence-corrected chi connectivity index (χ0v) is 17.7. The van der Waals surface area contributed by atoms with Crippen LogP contribution in [0.5, 0.6) is 0 Å². The molecule has 27 heavy (non-hydrogen) atoms. The van der Waals surface area contributed by atoms with E-state index >= 15 is 0 Å². The number of nitrogens with zero attached hydrogens (tertiary/aromatic N) is 4. The molecule has 1 amide bonds. The molecule has 2 aromatic rings. The lowest BCUT2D eigenvalue weighted by atomic mass is 10.3. The van der Waals surface area contributed by atoms with Gasteiger partial charge >= 0.3 is 5.69 Å². The molecule has 3 N–H and O–H groups in total. The summed E-state index contributed by atoms with van der Waals surface area (Å²) in [4.78, 5) is 23.2. The fraction of sp³-hybridized carbons (Fsp3) is 0.471. The average molecular weight is 401 g/mol. The molecule has 0 unspecified atom stereocenters. The van der Waals surface area contributed by atoms with Crippen molar-refractivity contribution in [3.8, 4) is 0 Å². The number of hydrogen-bond donors (Lipinski definition) is 2. The molecule has 0 aliphatic heterocycles. The summed E-state index contributed by atoms with van der Waals surface area (Å²) in [6.07, 6.45) is 1.31. The Hall–Kier alpha value is -2.68. The average Bonchev–Trinajstić information content (AvgIpc) is 2.92. The normalized spacial score (nSPS) is 8.74. The molecule has 0 aliphatic carbocycles. The lowest BCUT2D eigenvalue weighted by Gasteiger charge is -1.99. The largest absolute Gasteiger partial charge is 0.378 e. The van der Waals surface area contributed by atoms with E-state index in [0.717, 1.165) is 22.8 Å². The van der Waals surface area contributed by atoms with E-state index in [2.05, 4.69) is 15.4 Å². The summed E-state index contributed by atoms with van der Waals surface area (Å²) in [6, 6.07) is 2.47. The molecule has 152 valence electrons. The smallest absolute Gasteiger partial charge is 0.311 e. The topological polar surface area (TPSA) is 129 Å². The predicted octanol–water partition coefficient (Wildman–Crippen LogP) is 4.14. The van der Waals surface area contributed by atoms with E-state index in [0.29, 0.717) is 6.41 Å². The fourth-order valence-corrected chi connectivity index (χ4v) is 1.93. The van der Waals surface area contributed by atoms with E-state index in [4.69, 9.17) is 17.3 Å². The van der Waals surface area contributed by atoms with Gasteiger partial charge in [0, 0.05) is 13.1 Å². The van der Waals surface area contributed by atoms with Crippen molar-refractivity contribution in [2.75, 3.05) is 11.1 Å². The minimum Gasteiger partial charge on any atom is -0.378 e. The van der Waals surface area contributed by atoms with Gasteiger partial charge in [-0.1, -0.05) is 46.2 Å². The van der Waals surface area contributed by atoms with Crippen LogP contribution >= 0.6 is 11.6 Å². The zero-order valence-electron chi connectivity index (χ0n) is 16.9. The predicted molar refractivity (Wildman–Crippen MR) is 110 cm³/mol. The molecule has 0 aromatic carbocycles. The van der Waals surface area contributed by atoms with E-state index in [9.17, 15) is 14.9 Å². The molecule has 0 atom stereocenters. The van der Waals surface area contributed by atoms with Gasteiger partial charge in [-0.25, -0.2) is 4.98 Å². The Morgan fingerprint density at radius 2 is 1.89 bits per heavy atom. The van der Waals surface area contributed by atoms with Gasteiger partial charge < -0.3 is 11.1 Å². The molecule has 0 bridgehead atoms. The second kappa shape index (κ2) is 14.5. The number of carbonyl (C=O) groups excluding carboxylic acids is 1. The van der Waals surface area contributed by atoms with Gasteiger partial charge in [-0.3, -0.25) is 19.6 Å². The third kappa shape index (κ3) is 8.50. The summed E-state index contributed by atoms with van der Waals surface area (Å²) in [5.41, 5.74) is 6.99. The molecule has 0 aliphatic rings. The number of halogens is 1. The van der Waals surface area contributed by atoms with E-state index in [-0.39, 0.29) is 17.3 Å². The molecule has 0 spiro atoms. The minimum atomic E-state index is -0.646. The van der Waals surface area contributed by atoms with Gasteiger partial charge in [-0.05, 0) is 19.4 Å². The zero-order chi connectivity index (χ0) is 21.6. The van der Waals surface area contributed by atoms with Crippen molar-refractivity contribution in [3.63, 3.8) is 0 Å². The Balaban J connectivity index is 0. The molecule has 0 saturated heterocycles. The summed E-state index contributed by atoms with van der Waals surface area (Å²) >= 11 is 5.93. The first kappa shape index (κ1) is 26.5. The van der Waals surface area contributed by atoms with E-state index in [1.54, 1.807) is 4.68 Å². The van der Waals surface area contributed by atoms with Gasteiger partial charge in [0.1, 0.15) is 5.82 Å².